The second kappa shape index (κ2) is 9.87. The topological polar surface area (TPSA) is 107 Å². The van der Waals surface area contributed by atoms with E-state index in [2.05, 4.69) is 10.4 Å². The molecule has 2 aromatic heterocycles. The number of ether oxygens (including phenoxy) is 1. The highest BCUT2D eigenvalue weighted by atomic mass is 16.5. The number of hydrogen-bond donors (Lipinski definition) is 2. The lowest BCUT2D eigenvalue weighted by molar-refractivity contribution is 0.0956. The Labute approximate surface area is 208 Å². The van der Waals surface area contributed by atoms with Crippen molar-refractivity contribution in [2.75, 3.05) is 19.4 Å². The molecular weight excluding hydrogens is 452 g/mol. The SMILES string of the molecule is COc1ccc(CCNC(=O)c2c(N)n(/N=C\c3cccc(C)c3)c3nc4ccccc4nc23)cc1. The van der Waals surface area contributed by atoms with Crippen molar-refractivity contribution in [3.8, 4) is 5.75 Å². The molecule has 3 N–H and O–H groups in total. The van der Waals surface area contributed by atoms with Crippen LogP contribution in [0.15, 0.2) is 77.9 Å². The number of amides is 1. The molecule has 0 radical (unpaired) electrons. The molecule has 180 valence electrons. The summed E-state index contributed by atoms with van der Waals surface area (Å²) < 4.78 is 6.68. The number of nitrogens with two attached hydrogens (primary N) is 1. The van der Waals surface area contributed by atoms with Crippen LogP contribution in [-0.4, -0.2) is 40.4 Å². The van der Waals surface area contributed by atoms with E-state index < -0.39 is 0 Å². The molecule has 0 aliphatic heterocycles. The van der Waals surface area contributed by atoms with Gasteiger partial charge in [-0.25, -0.2) is 9.97 Å². The van der Waals surface area contributed by atoms with Crippen molar-refractivity contribution in [2.24, 2.45) is 5.10 Å². The number of aryl methyl sites for hydroxylation is 1. The first-order valence-electron chi connectivity index (χ1n) is 11.6. The van der Waals surface area contributed by atoms with Crippen LogP contribution in [0.2, 0.25) is 0 Å². The molecule has 0 fully saturated rings. The Morgan fingerprint density at radius 2 is 1.81 bits per heavy atom. The number of rotatable bonds is 7. The number of anilines is 1. The molecule has 0 bridgehead atoms. The Balaban J connectivity index is 1.49. The summed E-state index contributed by atoms with van der Waals surface area (Å²) in [4.78, 5) is 22.7. The van der Waals surface area contributed by atoms with E-state index in [9.17, 15) is 4.79 Å². The number of fused-ring (bicyclic) bond motifs is 2. The van der Waals surface area contributed by atoms with Crippen molar-refractivity contribution in [1.82, 2.24) is 20.0 Å². The van der Waals surface area contributed by atoms with Gasteiger partial charge < -0.3 is 15.8 Å². The summed E-state index contributed by atoms with van der Waals surface area (Å²) in [5, 5.41) is 7.54. The summed E-state index contributed by atoms with van der Waals surface area (Å²) in [6, 6.07) is 23.2. The maximum atomic E-state index is 13.3. The van der Waals surface area contributed by atoms with Crippen LogP contribution in [0.1, 0.15) is 27.0 Å². The van der Waals surface area contributed by atoms with Crippen LogP contribution in [0.25, 0.3) is 22.2 Å². The first-order chi connectivity index (χ1) is 17.5. The smallest absolute Gasteiger partial charge is 0.257 e. The van der Waals surface area contributed by atoms with Gasteiger partial charge in [0.25, 0.3) is 5.91 Å². The van der Waals surface area contributed by atoms with Gasteiger partial charge in [-0.15, -0.1) is 0 Å². The average Bonchev–Trinajstić information content (AvgIpc) is 3.16. The van der Waals surface area contributed by atoms with Crippen molar-refractivity contribution < 1.29 is 9.53 Å². The van der Waals surface area contributed by atoms with Crippen LogP contribution in [0, 0.1) is 6.92 Å². The fourth-order valence-corrected chi connectivity index (χ4v) is 4.06. The van der Waals surface area contributed by atoms with Gasteiger partial charge in [0.2, 0.25) is 0 Å². The molecule has 0 spiro atoms. The highest BCUT2D eigenvalue weighted by molar-refractivity contribution is 6.10. The van der Waals surface area contributed by atoms with Gasteiger partial charge >= 0.3 is 0 Å². The summed E-state index contributed by atoms with van der Waals surface area (Å²) in [7, 11) is 1.63. The molecule has 36 heavy (non-hydrogen) atoms. The van der Waals surface area contributed by atoms with E-state index >= 15 is 0 Å². The van der Waals surface area contributed by atoms with Crippen LogP contribution in [-0.2, 0) is 6.42 Å². The third kappa shape index (κ3) is 4.61. The number of carbonyl (C=O) groups excluding carboxylic acids is 1. The van der Waals surface area contributed by atoms with Crippen molar-refractivity contribution >= 4 is 40.1 Å². The van der Waals surface area contributed by atoms with Gasteiger partial charge in [-0.05, 0) is 48.7 Å². The van der Waals surface area contributed by atoms with Crippen LogP contribution in [0.3, 0.4) is 0 Å². The lowest BCUT2D eigenvalue weighted by atomic mass is 10.1. The molecule has 0 aliphatic rings. The van der Waals surface area contributed by atoms with Crippen molar-refractivity contribution in [1.29, 1.82) is 0 Å². The molecule has 3 aromatic carbocycles. The number of para-hydroxylation sites is 2. The summed E-state index contributed by atoms with van der Waals surface area (Å²) in [6.07, 6.45) is 2.36. The Kier molecular flexibility index (Phi) is 6.32. The minimum Gasteiger partial charge on any atom is -0.497 e. The maximum absolute atomic E-state index is 13.3. The molecule has 8 nitrogen and oxygen atoms in total. The van der Waals surface area contributed by atoms with E-state index in [-0.39, 0.29) is 17.3 Å². The molecule has 5 aromatic rings. The van der Waals surface area contributed by atoms with E-state index in [4.69, 9.17) is 20.4 Å². The largest absolute Gasteiger partial charge is 0.497 e. The highest BCUT2D eigenvalue weighted by Gasteiger charge is 2.24. The second-order valence-electron chi connectivity index (χ2n) is 8.47. The maximum Gasteiger partial charge on any atom is 0.257 e. The van der Waals surface area contributed by atoms with Gasteiger partial charge in [0, 0.05) is 6.54 Å². The monoisotopic (exact) mass is 478 g/mol. The molecule has 2 heterocycles. The number of hydrogen-bond acceptors (Lipinski definition) is 6. The third-order valence-electron chi connectivity index (χ3n) is 5.92. The predicted molar refractivity (Wildman–Crippen MR) is 143 cm³/mol. The van der Waals surface area contributed by atoms with Crippen LogP contribution in [0.4, 0.5) is 5.82 Å². The molecule has 0 saturated carbocycles. The van der Waals surface area contributed by atoms with Gasteiger partial charge in [0.1, 0.15) is 22.6 Å². The van der Waals surface area contributed by atoms with Gasteiger partial charge in [-0.3, -0.25) is 4.79 Å². The van der Waals surface area contributed by atoms with Gasteiger partial charge in [-0.2, -0.15) is 9.78 Å². The number of benzene rings is 3. The summed E-state index contributed by atoms with van der Waals surface area (Å²) >= 11 is 0. The molecule has 1 amide bonds. The lowest BCUT2D eigenvalue weighted by Crippen LogP contribution is -2.26. The number of aromatic nitrogens is 3. The van der Waals surface area contributed by atoms with E-state index in [0.717, 1.165) is 22.4 Å². The Morgan fingerprint density at radius 3 is 2.53 bits per heavy atom. The number of nitrogen functional groups attached to an aromatic ring is 1. The molecule has 0 unspecified atom stereocenters. The molecule has 5 rings (SSSR count). The van der Waals surface area contributed by atoms with Gasteiger partial charge in [-0.1, -0.05) is 54.1 Å². The van der Waals surface area contributed by atoms with Crippen LogP contribution >= 0.6 is 0 Å². The standard InChI is InChI=1S/C28H26N6O2/c1-18-6-5-7-20(16-18)17-31-34-26(29)24(25-27(34)33-23-9-4-3-8-22(23)32-25)28(35)30-15-14-19-10-12-21(36-2)13-11-19/h3-13,16-17H,14-15,29H2,1-2H3,(H,30,35)/b31-17-. The van der Waals surface area contributed by atoms with E-state index in [1.807, 2.05) is 79.7 Å². The van der Waals surface area contributed by atoms with E-state index in [1.54, 1.807) is 13.3 Å². The minimum absolute atomic E-state index is 0.186. The second-order valence-corrected chi connectivity index (χ2v) is 8.47. The number of nitrogens with one attached hydrogen (secondary N) is 1. The minimum atomic E-state index is -0.319. The lowest BCUT2D eigenvalue weighted by Gasteiger charge is -2.06. The summed E-state index contributed by atoms with van der Waals surface area (Å²) in [6.45, 7) is 2.45. The molecule has 0 atom stereocenters. The molecule has 0 saturated heterocycles. The third-order valence-corrected chi connectivity index (χ3v) is 5.92. The predicted octanol–water partition coefficient (Wildman–Crippen LogP) is 4.34. The fourth-order valence-electron chi connectivity index (χ4n) is 4.06. The van der Waals surface area contributed by atoms with Gasteiger partial charge in [0.15, 0.2) is 5.65 Å². The van der Waals surface area contributed by atoms with Crippen molar-refractivity contribution in [3.05, 3.63) is 95.1 Å². The van der Waals surface area contributed by atoms with Gasteiger partial charge in [0.05, 0.1) is 24.4 Å². The summed E-state index contributed by atoms with van der Waals surface area (Å²) in [5.74, 6) is 0.659. The van der Waals surface area contributed by atoms with E-state index in [1.165, 1.54) is 4.68 Å². The average molecular weight is 479 g/mol. The molecule has 8 heteroatoms. The zero-order valence-electron chi connectivity index (χ0n) is 20.1. The Hall–Kier alpha value is -4.72. The highest BCUT2D eigenvalue weighted by Crippen LogP contribution is 2.28. The number of methoxy groups -OCH3 is 1. The zero-order chi connectivity index (χ0) is 25.1. The Morgan fingerprint density at radius 1 is 1.06 bits per heavy atom. The molecule has 0 aliphatic carbocycles. The quantitative estimate of drug-likeness (QED) is 0.339. The summed E-state index contributed by atoms with van der Waals surface area (Å²) in [5.41, 5.74) is 12.1. The number of nitrogens with zero attached hydrogens (tertiary/aromatic N) is 4. The van der Waals surface area contributed by atoms with Crippen LogP contribution < -0.4 is 15.8 Å². The normalized spacial score (nSPS) is 11.4. The zero-order valence-corrected chi connectivity index (χ0v) is 20.1. The van der Waals surface area contributed by atoms with E-state index in [0.29, 0.717) is 35.2 Å². The van der Waals surface area contributed by atoms with Crippen molar-refractivity contribution in [2.45, 2.75) is 13.3 Å². The first-order valence-corrected chi connectivity index (χ1v) is 11.6. The fraction of sp³-hybridized carbons (Fsp3) is 0.143. The molecular formula is C28H26N6O2. The van der Waals surface area contributed by atoms with Crippen molar-refractivity contribution in [3.63, 3.8) is 0 Å². The number of carbonyl (C=O) groups is 1. The Bertz CT molecular complexity index is 1590. The first kappa shape index (κ1) is 23.0. The van der Waals surface area contributed by atoms with Crippen LogP contribution in [0.5, 0.6) is 5.75 Å².